The Bertz CT molecular complexity index is 1390. The summed E-state index contributed by atoms with van der Waals surface area (Å²) in [5.74, 6) is 1.99. The molecule has 4 aliphatic carbocycles. The van der Waals surface area contributed by atoms with Crippen LogP contribution in [0.25, 0.3) is 0 Å². The number of sulfonamides is 1. The van der Waals surface area contributed by atoms with Gasteiger partial charge in [-0.2, -0.15) is 0 Å². The van der Waals surface area contributed by atoms with Gasteiger partial charge < -0.3 is 18.9 Å². The molecule has 0 saturated heterocycles. The summed E-state index contributed by atoms with van der Waals surface area (Å²) in [7, 11) is -1.45. The van der Waals surface area contributed by atoms with Crippen molar-refractivity contribution in [2.45, 2.75) is 130 Å². The lowest BCUT2D eigenvalue weighted by Crippen LogP contribution is -2.51. The molecule has 48 heavy (non-hydrogen) atoms. The summed E-state index contributed by atoms with van der Waals surface area (Å²) in [5.41, 5.74) is 3.63. The lowest BCUT2D eigenvalue weighted by Gasteiger charge is -2.58. The van der Waals surface area contributed by atoms with Gasteiger partial charge in [-0.25, -0.2) is 12.7 Å². The number of fused-ring (bicyclic) bond motifs is 5. The first-order valence-corrected chi connectivity index (χ1v) is 20.0. The van der Waals surface area contributed by atoms with Crippen molar-refractivity contribution in [2.24, 2.45) is 34.5 Å². The Hall–Kier alpha value is -2.01. The Labute approximate surface area is 288 Å². The topological polar surface area (TPSA) is 108 Å². The maximum atomic E-state index is 11.7. The third-order valence-electron chi connectivity index (χ3n) is 12.8. The van der Waals surface area contributed by atoms with E-state index in [1.807, 2.05) is 6.08 Å². The number of carbonyl (C=O) groups is 2. The molecule has 0 bridgehead atoms. The van der Waals surface area contributed by atoms with Gasteiger partial charge in [-0.3, -0.25) is 9.59 Å². The third-order valence-corrected chi connectivity index (χ3v) is 14.1. The molecule has 3 fully saturated rings. The summed E-state index contributed by atoms with van der Waals surface area (Å²) in [5, 5.41) is 0. The van der Waals surface area contributed by atoms with Crippen LogP contribution in [0.3, 0.4) is 0 Å². The number of ether oxygens (including phenoxy) is 4. The van der Waals surface area contributed by atoms with E-state index in [1.165, 1.54) is 50.1 Å². The number of nitrogens with zero attached hydrogens (tertiary/aromatic N) is 1. The molecule has 5 aliphatic rings. The molecular formula is C38H59NO8S. The van der Waals surface area contributed by atoms with Gasteiger partial charge >= 0.3 is 11.9 Å². The largest absolute Gasteiger partial charge is 0.463 e. The summed E-state index contributed by atoms with van der Waals surface area (Å²) in [6.07, 6.45) is 20.3. The molecule has 1 unspecified atom stereocenters. The Morgan fingerprint density at radius 1 is 1.02 bits per heavy atom. The first-order valence-electron chi connectivity index (χ1n) is 18.2. The molecule has 0 aromatic carbocycles. The number of esters is 2. The van der Waals surface area contributed by atoms with E-state index < -0.39 is 40.5 Å². The molecule has 0 radical (unpaired) electrons. The van der Waals surface area contributed by atoms with Crippen molar-refractivity contribution in [1.82, 2.24) is 4.31 Å². The predicted octanol–water partition coefficient (Wildman–Crippen LogP) is 6.73. The van der Waals surface area contributed by atoms with Crippen LogP contribution in [0.4, 0.5) is 0 Å². The van der Waals surface area contributed by atoms with E-state index in [1.54, 1.807) is 24.3 Å². The summed E-state index contributed by atoms with van der Waals surface area (Å²) >= 11 is 0. The van der Waals surface area contributed by atoms with Crippen LogP contribution in [0.5, 0.6) is 0 Å². The van der Waals surface area contributed by atoms with Crippen molar-refractivity contribution in [1.29, 1.82) is 0 Å². The molecule has 0 aromatic rings. The number of hydrogen-bond acceptors (Lipinski definition) is 8. The Balaban J connectivity index is 1.18. The maximum Gasteiger partial charge on any atom is 0.303 e. The van der Waals surface area contributed by atoms with Crippen LogP contribution in [0.2, 0.25) is 0 Å². The quantitative estimate of drug-likeness (QED) is 0.126. The Morgan fingerprint density at radius 2 is 1.79 bits per heavy atom. The van der Waals surface area contributed by atoms with Gasteiger partial charge in [0.1, 0.15) is 18.8 Å². The molecule has 5 rings (SSSR count). The molecule has 0 N–H and O–H groups in total. The first kappa shape index (κ1) is 37.3. The van der Waals surface area contributed by atoms with Crippen LogP contribution in [-0.2, 0) is 38.6 Å². The second-order valence-electron chi connectivity index (χ2n) is 15.8. The lowest BCUT2D eigenvalue weighted by atomic mass is 9.47. The fraction of sp³-hybridized carbons (Fsp3) is 0.789. The van der Waals surface area contributed by atoms with Crippen LogP contribution < -0.4 is 0 Å². The minimum Gasteiger partial charge on any atom is -0.463 e. The first-order chi connectivity index (χ1) is 22.6. The van der Waals surface area contributed by atoms with Gasteiger partial charge in [0, 0.05) is 27.4 Å². The zero-order chi connectivity index (χ0) is 34.9. The fourth-order valence-corrected chi connectivity index (χ4v) is 10.6. The normalized spacial score (nSPS) is 38.1. The molecule has 1 heterocycles. The molecular weight excluding hydrogens is 630 g/mol. The highest BCUT2D eigenvalue weighted by Gasteiger charge is 2.58. The van der Waals surface area contributed by atoms with Gasteiger partial charge in [0.25, 0.3) is 0 Å². The van der Waals surface area contributed by atoms with E-state index in [0.717, 1.165) is 56.8 Å². The van der Waals surface area contributed by atoms with Crippen LogP contribution >= 0.6 is 0 Å². The standard InChI is InChI=1S/C38H59NO8S/c1-25(11-9-8-10-22-39(6)48(7,42)43)31-14-15-32-30-13-12-28-23-29(18-20-37(28,4)33(30)19-21-38(31,32)5)46-36-17-16-34(45-27(3)41)35(47-36)24-44-26(2)40/h11-12,16-17,29-36H,8-10,13-15,18-24H2,1-7H3/b25-11+/t29-,30-,31+,32-,33-,34-,35+,36?,37-,38+/m0/s1. The van der Waals surface area contributed by atoms with Crippen molar-refractivity contribution in [3.05, 3.63) is 35.5 Å². The number of hydrogen-bond donors (Lipinski definition) is 0. The average Bonchev–Trinajstić information content (AvgIpc) is 3.37. The van der Waals surface area contributed by atoms with Gasteiger partial charge in [0.05, 0.1) is 12.4 Å². The highest BCUT2D eigenvalue weighted by Crippen LogP contribution is 2.67. The Morgan fingerprint density at radius 3 is 2.50 bits per heavy atom. The van der Waals surface area contributed by atoms with Crippen LogP contribution in [0.1, 0.15) is 105 Å². The van der Waals surface area contributed by atoms with E-state index >= 15 is 0 Å². The van der Waals surface area contributed by atoms with Crippen molar-refractivity contribution in [3.8, 4) is 0 Å². The zero-order valence-corrected chi connectivity index (χ0v) is 31.1. The Kier molecular flexibility index (Phi) is 11.7. The van der Waals surface area contributed by atoms with E-state index in [0.29, 0.717) is 23.8 Å². The van der Waals surface area contributed by atoms with Crippen molar-refractivity contribution in [3.63, 3.8) is 0 Å². The van der Waals surface area contributed by atoms with Gasteiger partial charge in [-0.1, -0.05) is 37.1 Å². The van der Waals surface area contributed by atoms with Crippen LogP contribution in [0.15, 0.2) is 35.5 Å². The summed E-state index contributed by atoms with van der Waals surface area (Å²) in [4.78, 5) is 23.0. The molecule has 9 nitrogen and oxygen atoms in total. The average molecular weight is 690 g/mol. The number of allylic oxidation sites excluding steroid dienone is 3. The van der Waals surface area contributed by atoms with Gasteiger partial charge in [-0.05, 0) is 124 Å². The van der Waals surface area contributed by atoms with E-state index in [4.69, 9.17) is 18.9 Å². The third kappa shape index (κ3) is 8.13. The summed E-state index contributed by atoms with van der Waals surface area (Å²) in [6.45, 7) is 10.7. The highest BCUT2D eigenvalue weighted by atomic mass is 32.2. The zero-order valence-electron chi connectivity index (χ0n) is 30.2. The molecule has 0 aromatic heterocycles. The van der Waals surface area contributed by atoms with Crippen LogP contribution in [-0.4, -0.2) is 75.7 Å². The number of carbonyl (C=O) groups excluding carboxylic acids is 2. The molecule has 10 heteroatoms. The lowest BCUT2D eigenvalue weighted by molar-refractivity contribution is -0.213. The highest BCUT2D eigenvalue weighted by molar-refractivity contribution is 7.88. The molecule has 3 saturated carbocycles. The van der Waals surface area contributed by atoms with E-state index in [2.05, 4.69) is 32.9 Å². The van der Waals surface area contributed by atoms with Gasteiger partial charge in [0.15, 0.2) is 6.29 Å². The minimum atomic E-state index is -3.11. The molecule has 270 valence electrons. The van der Waals surface area contributed by atoms with Crippen LogP contribution in [0, 0.1) is 34.5 Å². The summed E-state index contributed by atoms with van der Waals surface area (Å²) in [6, 6.07) is 0. The summed E-state index contributed by atoms with van der Waals surface area (Å²) < 4.78 is 48.0. The maximum absolute atomic E-state index is 11.7. The molecule has 10 atom stereocenters. The second-order valence-corrected chi connectivity index (χ2v) is 17.9. The molecule has 0 amide bonds. The van der Waals surface area contributed by atoms with Crippen molar-refractivity contribution < 1.29 is 37.0 Å². The predicted molar refractivity (Wildman–Crippen MR) is 185 cm³/mol. The van der Waals surface area contributed by atoms with E-state index in [-0.39, 0.29) is 18.1 Å². The SMILES string of the molecule is CC(=O)OC[C@H]1OC(O[C@H]2CC[C@@]3(C)C(=CC[C@H]4[C@@H]5CC[C@H](/C(C)=C/CCCCN(C)S(C)(=O)=O)[C@@]5(C)CC[C@@H]43)C2)C=C[C@@H]1OC(C)=O. The monoisotopic (exact) mass is 689 g/mol. The second kappa shape index (κ2) is 15.1. The minimum absolute atomic E-state index is 0.00415. The molecule has 1 aliphatic heterocycles. The van der Waals surface area contributed by atoms with Crippen molar-refractivity contribution >= 4 is 22.0 Å². The number of unbranched alkanes of at least 4 members (excludes halogenated alkanes) is 2. The number of rotatable bonds is 12. The fourth-order valence-electron chi connectivity index (χ4n) is 10.1. The van der Waals surface area contributed by atoms with Gasteiger partial charge in [0.2, 0.25) is 10.0 Å². The van der Waals surface area contributed by atoms with E-state index in [9.17, 15) is 18.0 Å². The smallest absolute Gasteiger partial charge is 0.303 e. The molecule has 0 spiro atoms. The van der Waals surface area contributed by atoms with Gasteiger partial charge in [-0.15, -0.1) is 0 Å². The van der Waals surface area contributed by atoms with Crippen molar-refractivity contribution in [2.75, 3.05) is 26.5 Å².